The number of carbonyl (C=O) groups excluding carboxylic acids is 1. The Kier molecular flexibility index (Phi) is 4.84. The first-order valence-corrected chi connectivity index (χ1v) is 7.39. The van der Waals surface area contributed by atoms with Gasteiger partial charge in [0.1, 0.15) is 0 Å². The van der Waals surface area contributed by atoms with Crippen molar-refractivity contribution in [2.45, 2.75) is 25.1 Å². The number of thioether (sulfide) groups is 1. The van der Waals surface area contributed by atoms with E-state index in [-0.39, 0.29) is 16.9 Å². The monoisotopic (exact) mass is 295 g/mol. The Morgan fingerprint density at radius 3 is 3.00 bits per heavy atom. The van der Waals surface area contributed by atoms with Gasteiger partial charge in [0.05, 0.1) is 20.1 Å². The zero-order valence-corrected chi connectivity index (χ0v) is 12.3. The highest BCUT2D eigenvalue weighted by atomic mass is 32.2. The lowest BCUT2D eigenvalue weighted by Crippen LogP contribution is -2.22. The number of hydrogen-bond donors (Lipinski definition) is 0. The van der Waals surface area contributed by atoms with E-state index < -0.39 is 0 Å². The van der Waals surface area contributed by atoms with Crippen molar-refractivity contribution in [1.29, 1.82) is 0 Å². The molecule has 20 heavy (non-hydrogen) atoms. The molecule has 0 saturated heterocycles. The van der Waals surface area contributed by atoms with Gasteiger partial charge >= 0.3 is 11.7 Å². The second-order valence-electron chi connectivity index (χ2n) is 4.40. The molecule has 0 aliphatic heterocycles. The van der Waals surface area contributed by atoms with Crippen LogP contribution in [0.5, 0.6) is 0 Å². The molecule has 0 N–H and O–H groups in total. The van der Waals surface area contributed by atoms with Crippen molar-refractivity contribution in [2.75, 3.05) is 12.9 Å². The summed E-state index contributed by atoms with van der Waals surface area (Å²) in [6, 6.07) is 5.44. The predicted octanol–water partition coefficient (Wildman–Crippen LogP) is 1.18. The molecule has 0 aromatic carbocycles. The van der Waals surface area contributed by atoms with Gasteiger partial charge in [-0.2, -0.15) is 11.8 Å². The molecular weight excluding hydrogens is 278 g/mol. The van der Waals surface area contributed by atoms with Crippen molar-refractivity contribution in [2.24, 2.45) is 0 Å². The number of esters is 1. The Labute approximate surface area is 120 Å². The van der Waals surface area contributed by atoms with Crippen LogP contribution in [-0.2, 0) is 16.1 Å². The van der Waals surface area contributed by atoms with Gasteiger partial charge in [-0.3, -0.25) is 9.20 Å². The van der Waals surface area contributed by atoms with Crippen LogP contribution < -0.4 is 5.69 Å². The van der Waals surface area contributed by atoms with Crippen LogP contribution in [0.2, 0.25) is 0 Å². The average molecular weight is 295 g/mol. The molecule has 0 fully saturated rings. The van der Waals surface area contributed by atoms with Crippen LogP contribution in [-0.4, -0.2) is 38.3 Å². The Morgan fingerprint density at radius 1 is 1.50 bits per heavy atom. The van der Waals surface area contributed by atoms with E-state index in [1.54, 1.807) is 30.1 Å². The molecule has 0 amide bonds. The molecule has 2 aromatic rings. The summed E-state index contributed by atoms with van der Waals surface area (Å²) in [5.74, 6) is 0.511. The lowest BCUT2D eigenvalue weighted by Gasteiger charge is -2.08. The zero-order chi connectivity index (χ0) is 14.5. The van der Waals surface area contributed by atoms with E-state index in [2.05, 4.69) is 9.84 Å². The number of hydrogen-bond acceptors (Lipinski definition) is 5. The second kappa shape index (κ2) is 6.60. The lowest BCUT2D eigenvalue weighted by molar-refractivity contribution is -0.140. The molecule has 2 aromatic heterocycles. The first-order chi connectivity index (χ1) is 9.61. The Bertz CT molecular complexity index is 650. The van der Waals surface area contributed by atoms with E-state index in [0.29, 0.717) is 18.6 Å². The van der Waals surface area contributed by atoms with Gasteiger partial charge in [0, 0.05) is 17.2 Å². The molecule has 0 radical (unpaired) electrons. The van der Waals surface area contributed by atoms with E-state index in [1.807, 2.05) is 13.0 Å². The van der Waals surface area contributed by atoms with E-state index in [1.165, 1.54) is 16.2 Å². The molecule has 2 heterocycles. The molecular formula is C13H17N3O3S. The van der Waals surface area contributed by atoms with Crippen LogP contribution in [0.15, 0.2) is 29.2 Å². The minimum Gasteiger partial charge on any atom is -0.469 e. The van der Waals surface area contributed by atoms with Gasteiger partial charge in [-0.05, 0) is 12.1 Å². The molecule has 108 valence electrons. The van der Waals surface area contributed by atoms with E-state index in [9.17, 15) is 9.59 Å². The predicted molar refractivity (Wildman–Crippen MR) is 78.0 cm³/mol. The quantitative estimate of drug-likeness (QED) is 0.749. The summed E-state index contributed by atoms with van der Waals surface area (Å²) in [4.78, 5) is 23.1. The number of methoxy groups -OCH3 is 1. The molecule has 0 aliphatic rings. The smallest absolute Gasteiger partial charge is 0.350 e. The summed E-state index contributed by atoms with van der Waals surface area (Å²) < 4.78 is 7.59. The molecule has 6 nitrogen and oxygen atoms in total. The topological polar surface area (TPSA) is 65.6 Å². The lowest BCUT2D eigenvalue weighted by atomic mass is 10.3. The highest BCUT2D eigenvalue weighted by molar-refractivity contribution is 7.99. The SMILES string of the molecule is COC(=O)CC(C)SCCn1nc2ccccn2c1=O. The summed E-state index contributed by atoms with van der Waals surface area (Å²) in [6.45, 7) is 2.49. The third-order valence-corrected chi connectivity index (χ3v) is 4.03. The third-order valence-electron chi connectivity index (χ3n) is 2.88. The summed E-state index contributed by atoms with van der Waals surface area (Å²) in [7, 11) is 1.38. The molecule has 2 rings (SSSR count). The molecule has 0 aliphatic carbocycles. The van der Waals surface area contributed by atoms with Crippen LogP contribution in [0, 0.1) is 0 Å². The van der Waals surface area contributed by atoms with E-state index in [4.69, 9.17) is 0 Å². The van der Waals surface area contributed by atoms with Crippen LogP contribution >= 0.6 is 11.8 Å². The van der Waals surface area contributed by atoms with Crippen LogP contribution in [0.4, 0.5) is 0 Å². The molecule has 0 bridgehead atoms. The van der Waals surface area contributed by atoms with Gasteiger partial charge < -0.3 is 4.74 Å². The molecule has 0 saturated carbocycles. The maximum absolute atomic E-state index is 12.0. The Balaban J connectivity index is 1.92. The fourth-order valence-corrected chi connectivity index (χ4v) is 2.77. The summed E-state index contributed by atoms with van der Waals surface area (Å²) in [5.41, 5.74) is 0.506. The summed E-state index contributed by atoms with van der Waals surface area (Å²) in [6.07, 6.45) is 2.08. The van der Waals surface area contributed by atoms with Crippen LogP contribution in [0.3, 0.4) is 0 Å². The largest absolute Gasteiger partial charge is 0.469 e. The Hall–Kier alpha value is -1.76. The van der Waals surface area contributed by atoms with Gasteiger partial charge in [-0.25, -0.2) is 9.48 Å². The van der Waals surface area contributed by atoms with E-state index in [0.717, 1.165) is 5.75 Å². The zero-order valence-electron chi connectivity index (χ0n) is 11.5. The molecule has 0 spiro atoms. The first-order valence-electron chi connectivity index (χ1n) is 6.34. The maximum Gasteiger partial charge on any atom is 0.350 e. The number of nitrogens with zero attached hydrogens (tertiary/aromatic N) is 3. The fraction of sp³-hybridized carbons (Fsp3) is 0.462. The van der Waals surface area contributed by atoms with Gasteiger partial charge in [0.2, 0.25) is 0 Å². The number of fused-ring (bicyclic) bond motifs is 1. The minimum atomic E-state index is -0.213. The highest BCUT2D eigenvalue weighted by Gasteiger charge is 2.10. The van der Waals surface area contributed by atoms with Crippen molar-refractivity contribution in [1.82, 2.24) is 14.2 Å². The van der Waals surface area contributed by atoms with Crippen LogP contribution in [0.1, 0.15) is 13.3 Å². The van der Waals surface area contributed by atoms with E-state index >= 15 is 0 Å². The third kappa shape index (κ3) is 3.41. The van der Waals surface area contributed by atoms with Gasteiger partial charge in [-0.15, -0.1) is 5.10 Å². The standard InChI is InChI=1S/C13H17N3O3S/c1-10(9-12(17)19-2)20-8-7-16-13(18)15-6-4-3-5-11(15)14-16/h3-6,10H,7-9H2,1-2H3. The van der Waals surface area contributed by atoms with Crippen molar-refractivity contribution < 1.29 is 9.53 Å². The average Bonchev–Trinajstić information content (AvgIpc) is 2.76. The summed E-state index contributed by atoms with van der Waals surface area (Å²) in [5, 5.41) is 4.41. The summed E-state index contributed by atoms with van der Waals surface area (Å²) >= 11 is 1.62. The highest BCUT2D eigenvalue weighted by Crippen LogP contribution is 2.14. The van der Waals surface area contributed by atoms with Gasteiger partial charge in [0.15, 0.2) is 5.65 Å². The molecule has 1 atom stereocenters. The van der Waals surface area contributed by atoms with Crippen molar-refractivity contribution in [3.63, 3.8) is 0 Å². The molecule has 7 heteroatoms. The minimum absolute atomic E-state index is 0.137. The normalized spacial score (nSPS) is 12.5. The number of ether oxygens (including phenoxy) is 1. The first kappa shape index (κ1) is 14.6. The Morgan fingerprint density at radius 2 is 2.30 bits per heavy atom. The maximum atomic E-state index is 12.0. The molecule has 1 unspecified atom stereocenters. The number of pyridine rings is 1. The number of aryl methyl sites for hydroxylation is 1. The van der Waals surface area contributed by atoms with Gasteiger partial charge in [-0.1, -0.05) is 13.0 Å². The van der Waals surface area contributed by atoms with Crippen molar-refractivity contribution >= 4 is 23.4 Å². The van der Waals surface area contributed by atoms with Gasteiger partial charge in [0.25, 0.3) is 0 Å². The van der Waals surface area contributed by atoms with Crippen molar-refractivity contribution in [3.8, 4) is 0 Å². The number of aromatic nitrogens is 3. The van der Waals surface area contributed by atoms with Crippen LogP contribution in [0.25, 0.3) is 5.65 Å². The second-order valence-corrected chi connectivity index (χ2v) is 5.94. The van der Waals surface area contributed by atoms with Crippen molar-refractivity contribution in [3.05, 3.63) is 34.9 Å². The number of carbonyl (C=O) groups is 1. The fourth-order valence-electron chi connectivity index (χ4n) is 1.83. The number of rotatable bonds is 6.